The van der Waals surface area contributed by atoms with Gasteiger partial charge in [-0.05, 0) is 43.7 Å². The SMILES string of the molecule is CC(C)S(=O)(=O)c1ccc(C(=O)NC(CC(=O)O)c2ccccc2)cc1. The van der Waals surface area contributed by atoms with Gasteiger partial charge >= 0.3 is 5.97 Å². The van der Waals surface area contributed by atoms with E-state index in [-0.39, 0.29) is 16.9 Å². The summed E-state index contributed by atoms with van der Waals surface area (Å²) in [6, 6.07) is 13.8. The average Bonchev–Trinajstić information content (AvgIpc) is 2.61. The number of carboxylic acid groups (broad SMARTS) is 1. The Morgan fingerprint density at radius 2 is 1.58 bits per heavy atom. The summed E-state index contributed by atoms with van der Waals surface area (Å²) in [6.07, 6.45) is -0.254. The third-order valence-electron chi connectivity index (χ3n) is 3.95. The van der Waals surface area contributed by atoms with Crippen molar-refractivity contribution in [3.8, 4) is 0 Å². The molecule has 0 bridgehead atoms. The van der Waals surface area contributed by atoms with E-state index >= 15 is 0 Å². The Morgan fingerprint density at radius 1 is 1.00 bits per heavy atom. The van der Waals surface area contributed by atoms with Gasteiger partial charge in [-0.15, -0.1) is 0 Å². The molecule has 0 fully saturated rings. The van der Waals surface area contributed by atoms with Crippen molar-refractivity contribution in [1.29, 1.82) is 0 Å². The standard InChI is InChI=1S/C19H21NO5S/c1-13(2)26(24,25)16-10-8-15(9-11-16)19(23)20-17(12-18(21)22)14-6-4-3-5-7-14/h3-11,13,17H,12H2,1-2H3,(H,20,23)(H,21,22). The van der Waals surface area contributed by atoms with E-state index in [0.717, 1.165) is 0 Å². The van der Waals surface area contributed by atoms with Crippen LogP contribution in [0.25, 0.3) is 0 Å². The third-order valence-corrected chi connectivity index (χ3v) is 6.12. The number of sulfone groups is 1. The van der Waals surface area contributed by atoms with Gasteiger partial charge in [-0.1, -0.05) is 30.3 Å². The van der Waals surface area contributed by atoms with Gasteiger partial charge in [0.25, 0.3) is 5.91 Å². The first-order chi connectivity index (χ1) is 12.2. The van der Waals surface area contributed by atoms with E-state index < -0.39 is 33.0 Å². The normalized spacial score (nSPS) is 12.6. The first-order valence-electron chi connectivity index (χ1n) is 8.13. The number of benzene rings is 2. The highest BCUT2D eigenvalue weighted by Gasteiger charge is 2.21. The van der Waals surface area contributed by atoms with Crippen molar-refractivity contribution in [2.24, 2.45) is 0 Å². The molecule has 2 aromatic carbocycles. The Labute approximate surface area is 152 Å². The number of carbonyl (C=O) groups excluding carboxylic acids is 1. The lowest BCUT2D eigenvalue weighted by molar-refractivity contribution is -0.137. The van der Waals surface area contributed by atoms with Crippen molar-refractivity contribution >= 4 is 21.7 Å². The van der Waals surface area contributed by atoms with Gasteiger partial charge in [-0.3, -0.25) is 9.59 Å². The van der Waals surface area contributed by atoms with Gasteiger partial charge in [-0.25, -0.2) is 8.42 Å². The molecule has 1 atom stereocenters. The quantitative estimate of drug-likeness (QED) is 0.775. The van der Waals surface area contributed by atoms with Crippen molar-refractivity contribution in [3.05, 3.63) is 65.7 Å². The van der Waals surface area contributed by atoms with E-state index in [1.54, 1.807) is 44.2 Å². The molecule has 0 heterocycles. The molecular formula is C19H21NO5S. The van der Waals surface area contributed by atoms with Crippen molar-refractivity contribution in [1.82, 2.24) is 5.32 Å². The minimum absolute atomic E-state index is 0.147. The van der Waals surface area contributed by atoms with Gasteiger partial charge in [0.1, 0.15) is 0 Å². The van der Waals surface area contributed by atoms with Crippen molar-refractivity contribution in [3.63, 3.8) is 0 Å². The van der Waals surface area contributed by atoms with E-state index in [4.69, 9.17) is 5.11 Å². The van der Waals surface area contributed by atoms with Crippen LogP contribution < -0.4 is 5.32 Å². The highest BCUT2D eigenvalue weighted by Crippen LogP contribution is 2.19. The number of hydrogen-bond donors (Lipinski definition) is 2. The smallest absolute Gasteiger partial charge is 0.305 e. The second-order valence-corrected chi connectivity index (χ2v) is 8.66. The minimum atomic E-state index is -3.41. The minimum Gasteiger partial charge on any atom is -0.481 e. The Balaban J connectivity index is 2.20. The van der Waals surface area contributed by atoms with Crippen LogP contribution in [0.1, 0.15) is 42.2 Å². The average molecular weight is 375 g/mol. The Bertz CT molecular complexity index is 874. The van der Waals surface area contributed by atoms with Crippen LogP contribution in [0, 0.1) is 0 Å². The fraction of sp³-hybridized carbons (Fsp3) is 0.263. The van der Waals surface area contributed by atoms with Crippen LogP contribution in [0.2, 0.25) is 0 Å². The summed E-state index contributed by atoms with van der Waals surface area (Å²) >= 11 is 0. The highest BCUT2D eigenvalue weighted by molar-refractivity contribution is 7.92. The maximum absolute atomic E-state index is 12.5. The molecule has 1 unspecified atom stereocenters. The second kappa shape index (κ2) is 8.14. The summed E-state index contributed by atoms with van der Waals surface area (Å²) in [6.45, 7) is 3.18. The van der Waals surface area contributed by atoms with E-state index in [2.05, 4.69) is 5.32 Å². The van der Waals surface area contributed by atoms with Gasteiger partial charge in [0.2, 0.25) is 0 Å². The van der Waals surface area contributed by atoms with Crippen LogP contribution >= 0.6 is 0 Å². The molecule has 26 heavy (non-hydrogen) atoms. The molecule has 2 N–H and O–H groups in total. The van der Waals surface area contributed by atoms with Crippen LogP contribution in [0.5, 0.6) is 0 Å². The van der Waals surface area contributed by atoms with Gasteiger partial charge in [-0.2, -0.15) is 0 Å². The first-order valence-corrected chi connectivity index (χ1v) is 9.68. The summed E-state index contributed by atoms with van der Waals surface area (Å²) in [5.74, 6) is -1.49. The monoisotopic (exact) mass is 375 g/mol. The lowest BCUT2D eigenvalue weighted by atomic mass is 10.0. The fourth-order valence-electron chi connectivity index (χ4n) is 2.42. The van der Waals surface area contributed by atoms with Crippen LogP contribution in [0.4, 0.5) is 0 Å². The molecule has 6 nitrogen and oxygen atoms in total. The van der Waals surface area contributed by atoms with Crippen LogP contribution in [-0.4, -0.2) is 30.7 Å². The number of amides is 1. The third kappa shape index (κ3) is 4.70. The molecule has 0 aliphatic carbocycles. The van der Waals surface area contributed by atoms with E-state index in [1.807, 2.05) is 0 Å². The molecule has 1 amide bonds. The Morgan fingerprint density at radius 3 is 2.08 bits per heavy atom. The second-order valence-electron chi connectivity index (χ2n) is 6.15. The van der Waals surface area contributed by atoms with Crippen molar-refractivity contribution < 1.29 is 23.1 Å². The van der Waals surface area contributed by atoms with Crippen LogP contribution in [0.3, 0.4) is 0 Å². The number of nitrogens with one attached hydrogen (secondary N) is 1. The predicted molar refractivity (Wildman–Crippen MR) is 97.7 cm³/mol. The molecule has 2 rings (SSSR count). The summed E-state index contributed by atoms with van der Waals surface area (Å²) in [7, 11) is -3.41. The van der Waals surface area contributed by atoms with Gasteiger partial charge in [0.05, 0.1) is 22.6 Å². The molecule has 0 saturated carbocycles. The summed E-state index contributed by atoms with van der Waals surface area (Å²) in [4.78, 5) is 23.7. The number of carboxylic acids is 1. The molecule has 7 heteroatoms. The molecule has 0 saturated heterocycles. The van der Waals surface area contributed by atoms with Crippen LogP contribution in [-0.2, 0) is 14.6 Å². The number of hydrogen-bond acceptors (Lipinski definition) is 4. The molecule has 0 radical (unpaired) electrons. The fourth-order valence-corrected chi connectivity index (χ4v) is 3.48. The van der Waals surface area contributed by atoms with E-state index in [1.165, 1.54) is 24.3 Å². The van der Waals surface area contributed by atoms with Crippen LogP contribution in [0.15, 0.2) is 59.5 Å². The van der Waals surface area contributed by atoms with Gasteiger partial charge < -0.3 is 10.4 Å². The van der Waals surface area contributed by atoms with E-state index in [0.29, 0.717) is 5.56 Å². The number of rotatable bonds is 7. The zero-order valence-electron chi connectivity index (χ0n) is 14.5. The van der Waals surface area contributed by atoms with Crippen molar-refractivity contribution in [2.75, 3.05) is 0 Å². The van der Waals surface area contributed by atoms with E-state index in [9.17, 15) is 18.0 Å². The van der Waals surface area contributed by atoms with Gasteiger partial charge in [0, 0.05) is 5.56 Å². The highest BCUT2D eigenvalue weighted by atomic mass is 32.2. The Kier molecular flexibility index (Phi) is 6.15. The largest absolute Gasteiger partial charge is 0.481 e. The topological polar surface area (TPSA) is 101 Å². The molecule has 0 aromatic heterocycles. The number of aliphatic carboxylic acids is 1. The predicted octanol–water partition coefficient (Wildman–Crippen LogP) is 2.81. The summed E-state index contributed by atoms with van der Waals surface area (Å²) in [5, 5.41) is 11.2. The lowest BCUT2D eigenvalue weighted by Gasteiger charge is -2.17. The molecule has 0 aliphatic heterocycles. The summed E-state index contributed by atoms with van der Waals surface area (Å²) in [5.41, 5.74) is 0.946. The van der Waals surface area contributed by atoms with Crippen molar-refractivity contribution in [2.45, 2.75) is 36.5 Å². The Hall–Kier alpha value is -2.67. The maximum Gasteiger partial charge on any atom is 0.305 e. The first kappa shape index (κ1) is 19.7. The zero-order chi connectivity index (χ0) is 19.3. The molecule has 2 aromatic rings. The zero-order valence-corrected chi connectivity index (χ0v) is 15.4. The summed E-state index contributed by atoms with van der Waals surface area (Å²) < 4.78 is 24.3. The maximum atomic E-state index is 12.5. The molecular weight excluding hydrogens is 354 g/mol. The molecule has 0 aliphatic rings. The van der Waals surface area contributed by atoms with Gasteiger partial charge in [0.15, 0.2) is 9.84 Å². The molecule has 138 valence electrons. The lowest BCUT2D eigenvalue weighted by Crippen LogP contribution is -2.30. The number of carbonyl (C=O) groups is 2. The molecule has 0 spiro atoms.